The van der Waals surface area contributed by atoms with Crippen LogP contribution in [0.25, 0.3) is 0 Å². The van der Waals surface area contributed by atoms with E-state index in [0.29, 0.717) is 19.3 Å². The Labute approximate surface area is 365 Å². The van der Waals surface area contributed by atoms with Crippen molar-refractivity contribution in [1.82, 2.24) is 0 Å². The first kappa shape index (κ1) is 56.4. The van der Waals surface area contributed by atoms with Gasteiger partial charge in [0, 0.05) is 19.3 Å². The van der Waals surface area contributed by atoms with Gasteiger partial charge in [-0.3, -0.25) is 14.4 Å². The van der Waals surface area contributed by atoms with Crippen LogP contribution >= 0.6 is 0 Å². The van der Waals surface area contributed by atoms with Gasteiger partial charge < -0.3 is 14.2 Å². The first-order chi connectivity index (χ1) is 29.0. The van der Waals surface area contributed by atoms with Crippen LogP contribution in [-0.4, -0.2) is 37.2 Å². The monoisotopic (exact) mass is 827 g/mol. The van der Waals surface area contributed by atoms with Gasteiger partial charge in [0.1, 0.15) is 13.2 Å². The molecule has 0 N–H and O–H groups in total. The van der Waals surface area contributed by atoms with E-state index in [4.69, 9.17) is 14.2 Å². The molecule has 0 aromatic heterocycles. The fourth-order valence-electron chi connectivity index (χ4n) is 7.04. The average molecular weight is 827 g/mol. The zero-order chi connectivity index (χ0) is 43.0. The number of hydrogen-bond acceptors (Lipinski definition) is 6. The van der Waals surface area contributed by atoms with Crippen LogP contribution in [0.5, 0.6) is 0 Å². The first-order valence-corrected chi connectivity index (χ1v) is 25.1. The fraction of sp³-hybridized carbons (Fsp3) is 0.792. The molecule has 1 atom stereocenters. The second-order valence-corrected chi connectivity index (χ2v) is 16.7. The molecule has 1 unspecified atom stereocenters. The molecular formula is C53H94O6. The minimum absolute atomic E-state index is 0.0803. The SMILES string of the molecule is CC/C=C\C/C=C\C/C=C\CCCCCCCC(=O)OC(COC(=O)CCCCCCCCCC)COC(=O)CCCCCCCCC/C=C\CCCCCCCCC. The van der Waals surface area contributed by atoms with Crippen LogP contribution < -0.4 is 0 Å². The molecule has 6 heteroatoms. The Hall–Kier alpha value is -2.63. The topological polar surface area (TPSA) is 78.9 Å². The number of ether oxygens (including phenoxy) is 3. The van der Waals surface area contributed by atoms with Gasteiger partial charge in [-0.15, -0.1) is 0 Å². The number of esters is 3. The summed E-state index contributed by atoms with van der Waals surface area (Å²) in [4.78, 5) is 37.8. The maximum Gasteiger partial charge on any atom is 0.306 e. The van der Waals surface area contributed by atoms with Gasteiger partial charge in [-0.25, -0.2) is 0 Å². The lowest BCUT2D eigenvalue weighted by molar-refractivity contribution is -0.167. The maximum absolute atomic E-state index is 12.7. The standard InChI is InChI=1S/C53H94O6/c1-4-7-10-13-16-19-21-23-25-26-27-29-30-32-34-37-40-43-46-52(55)58-49-50(48-57-51(54)45-42-39-36-18-15-12-9-6-3)59-53(56)47-44-41-38-35-33-31-28-24-22-20-17-14-11-8-5-2/h8,11,17,20,24-26,28,50H,4-7,9-10,12-16,18-19,21-23,27,29-49H2,1-3H3/b11-8-,20-17-,26-25-,28-24-. The molecule has 0 amide bonds. The van der Waals surface area contributed by atoms with Gasteiger partial charge in [-0.05, 0) is 77.0 Å². The van der Waals surface area contributed by atoms with Gasteiger partial charge in [-0.1, -0.05) is 204 Å². The van der Waals surface area contributed by atoms with Gasteiger partial charge in [0.15, 0.2) is 6.10 Å². The normalized spacial score (nSPS) is 12.4. The number of carbonyl (C=O) groups excluding carboxylic acids is 3. The lowest BCUT2D eigenvalue weighted by Gasteiger charge is -2.18. The third-order valence-corrected chi connectivity index (χ3v) is 10.8. The number of hydrogen-bond donors (Lipinski definition) is 0. The molecule has 59 heavy (non-hydrogen) atoms. The average Bonchev–Trinajstić information content (AvgIpc) is 3.23. The predicted octanol–water partition coefficient (Wildman–Crippen LogP) is 16.3. The predicted molar refractivity (Wildman–Crippen MR) is 252 cm³/mol. The Morgan fingerprint density at radius 2 is 0.661 bits per heavy atom. The Morgan fingerprint density at radius 1 is 0.356 bits per heavy atom. The molecule has 0 saturated carbocycles. The summed E-state index contributed by atoms with van der Waals surface area (Å²) in [6.45, 7) is 6.48. The van der Waals surface area contributed by atoms with Crippen molar-refractivity contribution in [3.63, 3.8) is 0 Å². The van der Waals surface area contributed by atoms with E-state index in [-0.39, 0.29) is 31.1 Å². The van der Waals surface area contributed by atoms with Gasteiger partial charge in [0.25, 0.3) is 0 Å². The molecule has 0 aromatic carbocycles. The third kappa shape index (κ3) is 46.3. The molecule has 0 spiro atoms. The minimum atomic E-state index is -0.779. The summed E-state index contributed by atoms with van der Waals surface area (Å²) in [7, 11) is 0. The van der Waals surface area contributed by atoms with Crippen LogP contribution in [-0.2, 0) is 28.6 Å². The Kier molecular flexibility index (Phi) is 45.9. The molecule has 0 aliphatic heterocycles. The highest BCUT2D eigenvalue weighted by molar-refractivity contribution is 5.71. The summed E-state index contributed by atoms with van der Waals surface area (Å²) >= 11 is 0. The van der Waals surface area contributed by atoms with E-state index in [1.165, 1.54) is 116 Å². The summed E-state index contributed by atoms with van der Waals surface area (Å²) in [6, 6.07) is 0. The zero-order valence-electron chi connectivity index (χ0n) is 39.0. The molecule has 6 nitrogen and oxygen atoms in total. The van der Waals surface area contributed by atoms with E-state index in [9.17, 15) is 14.4 Å². The molecule has 0 aromatic rings. The highest BCUT2D eigenvalue weighted by Gasteiger charge is 2.19. The molecule has 0 fully saturated rings. The number of unbranched alkanes of at least 4 members (excludes halogenated alkanes) is 26. The molecule has 0 bridgehead atoms. The molecule has 0 aliphatic rings. The smallest absolute Gasteiger partial charge is 0.306 e. The zero-order valence-corrected chi connectivity index (χ0v) is 39.0. The number of rotatable bonds is 45. The fourth-order valence-corrected chi connectivity index (χ4v) is 7.04. The van der Waals surface area contributed by atoms with E-state index in [1.807, 2.05) is 0 Å². The summed E-state index contributed by atoms with van der Waals surface area (Å²) in [6.07, 6.45) is 56.7. The van der Waals surface area contributed by atoms with Gasteiger partial charge in [0.2, 0.25) is 0 Å². The molecule has 0 heterocycles. The number of carbonyl (C=O) groups is 3. The van der Waals surface area contributed by atoms with Gasteiger partial charge >= 0.3 is 17.9 Å². The molecule has 342 valence electrons. The molecule has 0 aliphatic carbocycles. The van der Waals surface area contributed by atoms with Crippen molar-refractivity contribution in [2.45, 2.75) is 258 Å². The summed E-state index contributed by atoms with van der Waals surface area (Å²) < 4.78 is 16.7. The maximum atomic E-state index is 12.7. The Balaban J connectivity index is 4.31. The van der Waals surface area contributed by atoms with Crippen LogP contribution in [0.4, 0.5) is 0 Å². The van der Waals surface area contributed by atoms with Crippen molar-refractivity contribution in [3.8, 4) is 0 Å². The van der Waals surface area contributed by atoms with Crippen LogP contribution in [0.2, 0.25) is 0 Å². The quantitative estimate of drug-likeness (QED) is 0.0263. The highest BCUT2D eigenvalue weighted by Crippen LogP contribution is 2.14. The lowest BCUT2D eigenvalue weighted by Crippen LogP contribution is -2.30. The van der Waals surface area contributed by atoms with Crippen LogP contribution in [0, 0.1) is 0 Å². The molecule has 0 saturated heterocycles. The molecule has 0 radical (unpaired) electrons. The van der Waals surface area contributed by atoms with Crippen LogP contribution in [0.3, 0.4) is 0 Å². The van der Waals surface area contributed by atoms with Crippen LogP contribution in [0.15, 0.2) is 48.6 Å². The van der Waals surface area contributed by atoms with Crippen LogP contribution in [0.1, 0.15) is 252 Å². The second-order valence-electron chi connectivity index (χ2n) is 16.7. The second kappa shape index (κ2) is 48.0. The summed E-state index contributed by atoms with van der Waals surface area (Å²) in [5, 5.41) is 0. The number of allylic oxidation sites excluding steroid dienone is 8. The van der Waals surface area contributed by atoms with Crippen molar-refractivity contribution in [2.75, 3.05) is 13.2 Å². The van der Waals surface area contributed by atoms with E-state index in [0.717, 1.165) is 96.3 Å². The Morgan fingerprint density at radius 3 is 1.05 bits per heavy atom. The van der Waals surface area contributed by atoms with Crippen molar-refractivity contribution >= 4 is 17.9 Å². The van der Waals surface area contributed by atoms with Crippen molar-refractivity contribution in [3.05, 3.63) is 48.6 Å². The van der Waals surface area contributed by atoms with E-state index in [2.05, 4.69) is 69.4 Å². The largest absolute Gasteiger partial charge is 0.462 e. The van der Waals surface area contributed by atoms with Crippen molar-refractivity contribution < 1.29 is 28.6 Å². The highest BCUT2D eigenvalue weighted by atomic mass is 16.6. The van der Waals surface area contributed by atoms with E-state index < -0.39 is 6.10 Å². The Bertz CT molecular complexity index is 1040. The third-order valence-electron chi connectivity index (χ3n) is 10.8. The summed E-state index contributed by atoms with van der Waals surface area (Å²) in [5.74, 6) is -0.902. The lowest BCUT2D eigenvalue weighted by atomic mass is 10.1. The first-order valence-electron chi connectivity index (χ1n) is 25.1. The minimum Gasteiger partial charge on any atom is -0.462 e. The van der Waals surface area contributed by atoms with Crippen molar-refractivity contribution in [1.29, 1.82) is 0 Å². The van der Waals surface area contributed by atoms with E-state index >= 15 is 0 Å². The van der Waals surface area contributed by atoms with Crippen molar-refractivity contribution in [2.24, 2.45) is 0 Å². The molecule has 0 rings (SSSR count). The van der Waals surface area contributed by atoms with Gasteiger partial charge in [-0.2, -0.15) is 0 Å². The molecular weight excluding hydrogens is 733 g/mol. The van der Waals surface area contributed by atoms with E-state index in [1.54, 1.807) is 0 Å². The van der Waals surface area contributed by atoms with Gasteiger partial charge in [0.05, 0.1) is 0 Å². The summed E-state index contributed by atoms with van der Waals surface area (Å²) in [5.41, 5.74) is 0.